The maximum Gasteiger partial charge on any atom is 0.207 e. The summed E-state index contributed by atoms with van der Waals surface area (Å²) in [5.41, 5.74) is 0. The van der Waals surface area contributed by atoms with E-state index in [0.29, 0.717) is 5.92 Å². The van der Waals surface area contributed by atoms with Gasteiger partial charge in [0, 0.05) is 6.04 Å². The quantitative estimate of drug-likeness (QED) is 0.566. The van der Waals surface area contributed by atoms with Crippen LogP contribution in [0.1, 0.15) is 26.2 Å². The number of amides is 1. The van der Waals surface area contributed by atoms with Gasteiger partial charge < -0.3 is 10.4 Å². The molecule has 0 aromatic rings. The third kappa shape index (κ3) is 2.19. The zero-order chi connectivity index (χ0) is 8.27. The third-order valence-corrected chi connectivity index (χ3v) is 2.43. The summed E-state index contributed by atoms with van der Waals surface area (Å²) in [4.78, 5) is 10.1. The Kier molecular flexibility index (Phi) is 2.88. The number of hydrogen-bond donors (Lipinski definition) is 2. The highest BCUT2D eigenvalue weighted by atomic mass is 16.3. The van der Waals surface area contributed by atoms with E-state index in [1.807, 2.05) is 6.92 Å². The molecular formula is C8H15NO2. The Labute approximate surface area is 66.8 Å². The summed E-state index contributed by atoms with van der Waals surface area (Å²) in [6.07, 6.45) is 3.20. The van der Waals surface area contributed by atoms with E-state index < -0.39 is 0 Å². The largest absolute Gasteiger partial charge is 0.393 e. The number of aliphatic hydroxyl groups excluding tert-OH is 1. The fourth-order valence-corrected chi connectivity index (χ4v) is 1.63. The molecular weight excluding hydrogens is 142 g/mol. The number of carbonyl (C=O) groups is 1. The summed E-state index contributed by atoms with van der Waals surface area (Å²) in [6, 6.07) is 0.283. The molecule has 3 nitrogen and oxygen atoms in total. The Morgan fingerprint density at radius 2 is 2.27 bits per heavy atom. The lowest BCUT2D eigenvalue weighted by Crippen LogP contribution is -2.38. The van der Waals surface area contributed by atoms with Gasteiger partial charge in [0.1, 0.15) is 0 Å². The van der Waals surface area contributed by atoms with E-state index in [-0.39, 0.29) is 12.1 Å². The molecule has 0 aliphatic heterocycles. The van der Waals surface area contributed by atoms with Crippen molar-refractivity contribution in [3.8, 4) is 0 Å². The van der Waals surface area contributed by atoms with Gasteiger partial charge in [0.05, 0.1) is 6.10 Å². The Morgan fingerprint density at radius 1 is 1.55 bits per heavy atom. The summed E-state index contributed by atoms with van der Waals surface area (Å²) in [7, 11) is 0. The monoisotopic (exact) mass is 157 g/mol. The van der Waals surface area contributed by atoms with Gasteiger partial charge in [-0.1, -0.05) is 6.92 Å². The van der Waals surface area contributed by atoms with Crippen LogP contribution in [0.4, 0.5) is 0 Å². The standard InChI is InChI=1S/C8H15NO2/c1-6-4-7(9-5-10)2-3-8(6)11/h5-8,11H,2-4H2,1H3,(H,9,10)/t6-,7+,8-/m1/s1. The summed E-state index contributed by atoms with van der Waals surface area (Å²) in [5, 5.41) is 12.1. The van der Waals surface area contributed by atoms with Crippen LogP contribution in [0.2, 0.25) is 0 Å². The molecule has 64 valence electrons. The van der Waals surface area contributed by atoms with E-state index >= 15 is 0 Å². The van der Waals surface area contributed by atoms with Gasteiger partial charge in [0.15, 0.2) is 0 Å². The third-order valence-electron chi connectivity index (χ3n) is 2.43. The topological polar surface area (TPSA) is 49.3 Å². The van der Waals surface area contributed by atoms with Gasteiger partial charge in [-0.05, 0) is 25.2 Å². The van der Waals surface area contributed by atoms with E-state index in [1.54, 1.807) is 0 Å². The van der Waals surface area contributed by atoms with Gasteiger partial charge in [0.2, 0.25) is 6.41 Å². The number of rotatable bonds is 2. The first-order valence-corrected chi connectivity index (χ1v) is 4.11. The van der Waals surface area contributed by atoms with Crippen LogP contribution in [0, 0.1) is 5.92 Å². The van der Waals surface area contributed by atoms with Crippen LogP contribution >= 0.6 is 0 Å². The molecule has 0 saturated heterocycles. The van der Waals surface area contributed by atoms with E-state index in [4.69, 9.17) is 0 Å². The van der Waals surface area contributed by atoms with Gasteiger partial charge in [0.25, 0.3) is 0 Å². The molecule has 0 aromatic carbocycles. The van der Waals surface area contributed by atoms with Crippen LogP contribution in [0.3, 0.4) is 0 Å². The molecule has 1 aliphatic rings. The fraction of sp³-hybridized carbons (Fsp3) is 0.875. The van der Waals surface area contributed by atoms with Crippen molar-refractivity contribution < 1.29 is 9.90 Å². The predicted octanol–water partition coefficient (Wildman–Crippen LogP) is 0.282. The SMILES string of the molecule is C[C@@H]1C[C@@H](NC=O)CC[C@H]1O. The minimum atomic E-state index is -0.167. The van der Waals surface area contributed by atoms with E-state index in [1.165, 1.54) is 0 Å². The maximum absolute atomic E-state index is 10.1. The molecule has 3 atom stereocenters. The first-order valence-electron chi connectivity index (χ1n) is 4.11. The highest BCUT2D eigenvalue weighted by Gasteiger charge is 2.25. The van der Waals surface area contributed by atoms with E-state index in [0.717, 1.165) is 25.7 Å². The summed E-state index contributed by atoms with van der Waals surface area (Å²) < 4.78 is 0. The molecule has 1 amide bonds. The van der Waals surface area contributed by atoms with Gasteiger partial charge in [-0.2, -0.15) is 0 Å². The highest BCUT2D eigenvalue weighted by molar-refractivity contribution is 5.46. The van der Waals surface area contributed by atoms with Crippen LogP contribution in [-0.2, 0) is 4.79 Å². The molecule has 1 fully saturated rings. The summed E-state index contributed by atoms with van der Waals surface area (Å²) >= 11 is 0. The Morgan fingerprint density at radius 3 is 2.82 bits per heavy atom. The molecule has 3 heteroatoms. The number of hydrogen-bond acceptors (Lipinski definition) is 2. The van der Waals surface area contributed by atoms with Crippen LogP contribution < -0.4 is 5.32 Å². The summed E-state index contributed by atoms with van der Waals surface area (Å²) in [5.74, 6) is 0.321. The Hall–Kier alpha value is -0.570. The van der Waals surface area contributed by atoms with Crippen molar-refractivity contribution in [1.82, 2.24) is 5.32 Å². The average Bonchev–Trinajstić information content (AvgIpc) is 1.98. The van der Waals surface area contributed by atoms with Gasteiger partial charge in [-0.25, -0.2) is 0 Å². The number of carbonyl (C=O) groups excluding carboxylic acids is 1. The minimum Gasteiger partial charge on any atom is -0.393 e. The second-order valence-electron chi connectivity index (χ2n) is 3.34. The maximum atomic E-state index is 10.1. The fourth-order valence-electron chi connectivity index (χ4n) is 1.63. The molecule has 1 saturated carbocycles. The van der Waals surface area contributed by atoms with Gasteiger partial charge in [-0.3, -0.25) is 4.79 Å². The van der Waals surface area contributed by atoms with Crippen molar-refractivity contribution in [2.45, 2.75) is 38.3 Å². The predicted molar refractivity (Wildman–Crippen MR) is 42.0 cm³/mol. The molecule has 1 rings (SSSR count). The van der Waals surface area contributed by atoms with Crippen LogP contribution in [0.25, 0.3) is 0 Å². The smallest absolute Gasteiger partial charge is 0.207 e. The molecule has 1 aliphatic carbocycles. The van der Waals surface area contributed by atoms with Crippen LogP contribution in [0.15, 0.2) is 0 Å². The lowest BCUT2D eigenvalue weighted by Gasteiger charge is -2.30. The average molecular weight is 157 g/mol. The van der Waals surface area contributed by atoms with Crippen molar-refractivity contribution in [2.75, 3.05) is 0 Å². The molecule has 0 unspecified atom stereocenters. The zero-order valence-corrected chi connectivity index (χ0v) is 6.79. The van der Waals surface area contributed by atoms with Crippen molar-refractivity contribution in [3.05, 3.63) is 0 Å². The second kappa shape index (κ2) is 3.72. The van der Waals surface area contributed by atoms with Gasteiger partial charge >= 0.3 is 0 Å². The number of aliphatic hydroxyl groups is 1. The van der Waals surface area contributed by atoms with Gasteiger partial charge in [-0.15, -0.1) is 0 Å². The lowest BCUT2D eigenvalue weighted by molar-refractivity contribution is -0.110. The summed E-state index contributed by atoms with van der Waals surface area (Å²) in [6.45, 7) is 2.02. The molecule has 0 radical (unpaired) electrons. The highest BCUT2D eigenvalue weighted by Crippen LogP contribution is 2.23. The normalized spacial score (nSPS) is 38.2. The lowest BCUT2D eigenvalue weighted by atomic mass is 9.85. The minimum absolute atomic E-state index is 0.167. The van der Waals surface area contributed by atoms with E-state index in [9.17, 15) is 9.90 Å². The van der Waals surface area contributed by atoms with Crippen molar-refractivity contribution in [3.63, 3.8) is 0 Å². The first kappa shape index (κ1) is 8.53. The molecule has 0 bridgehead atoms. The van der Waals surface area contributed by atoms with Crippen molar-refractivity contribution >= 4 is 6.41 Å². The molecule has 0 spiro atoms. The molecule has 2 N–H and O–H groups in total. The molecule has 0 heterocycles. The van der Waals surface area contributed by atoms with Crippen molar-refractivity contribution in [1.29, 1.82) is 0 Å². The first-order chi connectivity index (χ1) is 5.24. The molecule has 0 aromatic heterocycles. The van der Waals surface area contributed by atoms with Crippen LogP contribution in [0.5, 0.6) is 0 Å². The molecule has 11 heavy (non-hydrogen) atoms. The number of nitrogens with one attached hydrogen (secondary N) is 1. The Bertz CT molecular complexity index is 138. The zero-order valence-electron chi connectivity index (χ0n) is 6.79. The second-order valence-corrected chi connectivity index (χ2v) is 3.34. The van der Waals surface area contributed by atoms with Crippen LogP contribution in [-0.4, -0.2) is 23.7 Å². The van der Waals surface area contributed by atoms with Crippen molar-refractivity contribution in [2.24, 2.45) is 5.92 Å². The van der Waals surface area contributed by atoms with E-state index in [2.05, 4.69) is 5.32 Å². The Balaban J connectivity index is 2.33.